The zero-order valence-corrected chi connectivity index (χ0v) is 23.3. The van der Waals surface area contributed by atoms with Gasteiger partial charge in [-0.3, -0.25) is 0 Å². The van der Waals surface area contributed by atoms with Crippen LogP contribution in [0.5, 0.6) is 0 Å². The highest BCUT2D eigenvalue weighted by atomic mass is 29.3. The lowest BCUT2D eigenvalue weighted by Gasteiger charge is -2.44. The highest BCUT2D eigenvalue weighted by Gasteiger charge is 2.48. The van der Waals surface area contributed by atoms with Crippen LogP contribution in [0.15, 0.2) is 48.5 Å². The van der Waals surface area contributed by atoms with Crippen LogP contribution in [0.25, 0.3) is 0 Å². The summed E-state index contributed by atoms with van der Waals surface area (Å²) in [6.45, 7) is 17.6. The first-order valence-corrected chi connectivity index (χ1v) is 21.8. The normalized spacial score (nSPS) is 12.6. The maximum absolute atomic E-state index is 2.64. The summed E-state index contributed by atoms with van der Waals surface area (Å²) in [5.74, 6) is 0. The van der Waals surface area contributed by atoms with E-state index in [4.69, 9.17) is 0 Å². The molecule has 0 aromatic heterocycles. The molecule has 2 aromatic rings. The molecule has 2 rings (SSSR count). The molecule has 0 nitrogen and oxygen atoms in total. The molecular formula is C26H44Si3. The maximum atomic E-state index is 2.64. The first-order chi connectivity index (χ1) is 13.7. The molecule has 0 radical (unpaired) electrons. The number of aryl methyl sites for hydroxylation is 2. The van der Waals surface area contributed by atoms with Crippen molar-refractivity contribution in [1.29, 1.82) is 0 Å². The van der Waals surface area contributed by atoms with Gasteiger partial charge in [0, 0.05) is 16.4 Å². The lowest BCUT2D eigenvalue weighted by molar-refractivity contribution is 0.795. The van der Waals surface area contributed by atoms with Crippen LogP contribution in [-0.4, -0.2) is 24.0 Å². The fourth-order valence-electron chi connectivity index (χ4n) is 4.86. The van der Waals surface area contributed by atoms with Crippen LogP contribution in [-0.2, 0) is 12.8 Å². The Hall–Kier alpha value is -0.909. The predicted molar refractivity (Wildman–Crippen MR) is 142 cm³/mol. The van der Waals surface area contributed by atoms with Gasteiger partial charge in [-0.2, -0.15) is 0 Å². The number of hydrogen-bond acceptors (Lipinski definition) is 0. The second-order valence-corrected chi connectivity index (χ2v) is 29.3. The van der Waals surface area contributed by atoms with Crippen molar-refractivity contribution in [2.24, 2.45) is 0 Å². The third kappa shape index (κ3) is 6.05. The Morgan fingerprint density at radius 2 is 1.03 bits per heavy atom. The van der Waals surface area contributed by atoms with Crippen molar-refractivity contribution in [3.05, 3.63) is 59.7 Å². The summed E-state index contributed by atoms with van der Waals surface area (Å²) in [6.07, 6.45) is 7.60. The van der Waals surface area contributed by atoms with Crippen molar-refractivity contribution in [2.75, 3.05) is 0 Å². The van der Waals surface area contributed by atoms with Gasteiger partial charge in [-0.1, -0.05) is 124 Å². The Morgan fingerprint density at radius 3 is 1.31 bits per heavy atom. The summed E-state index contributed by atoms with van der Waals surface area (Å²) >= 11 is 0. The molecule has 0 aliphatic carbocycles. The van der Waals surface area contributed by atoms with Gasteiger partial charge in [0.05, 0.1) is 0 Å². The number of hydrogen-bond donors (Lipinski definition) is 0. The standard InChI is InChI=1S/C26H44Si3/c1-8-10-12-23-14-18-25(19-15-23)29(22-27(3)4,28(5,6)7)26-20-16-24(17-21-26)13-11-9-2/h14-21,27H,8-13,22H2,1-7H3. The van der Waals surface area contributed by atoms with E-state index in [1.165, 1.54) is 55.3 Å². The van der Waals surface area contributed by atoms with Gasteiger partial charge in [0.25, 0.3) is 0 Å². The van der Waals surface area contributed by atoms with Gasteiger partial charge in [-0.15, -0.1) is 0 Å². The maximum Gasteiger partial charge on any atom is 0.107 e. The molecule has 0 aliphatic heterocycles. The summed E-state index contributed by atoms with van der Waals surface area (Å²) in [5.41, 5.74) is 4.54. The average Bonchev–Trinajstić information content (AvgIpc) is 2.68. The van der Waals surface area contributed by atoms with Crippen LogP contribution in [0, 0.1) is 0 Å². The van der Waals surface area contributed by atoms with E-state index >= 15 is 0 Å². The molecule has 0 saturated heterocycles. The van der Waals surface area contributed by atoms with Crippen molar-refractivity contribution in [2.45, 2.75) is 90.8 Å². The second-order valence-electron chi connectivity index (χ2n) is 10.4. The van der Waals surface area contributed by atoms with Gasteiger partial charge in [-0.25, -0.2) is 0 Å². The minimum atomic E-state index is -1.72. The minimum absolute atomic E-state index is 0.700. The van der Waals surface area contributed by atoms with Crippen LogP contribution in [0.3, 0.4) is 0 Å². The fourth-order valence-corrected chi connectivity index (χ4v) is 33.0. The molecule has 0 amide bonds. The summed E-state index contributed by atoms with van der Waals surface area (Å²) in [7, 11) is -3.81. The molecule has 0 unspecified atom stereocenters. The largest absolute Gasteiger partial charge is 0.107 e. The molecule has 0 bridgehead atoms. The van der Waals surface area contributed by atoms with E-state index in [0.29, 0.717) is 0 Å². The molecule has 29 heavy (non-hydrogen) atoms. The molecule has 0 atom stereocenters. The van der Waals surface area contributed by atoms with E-state index in [1.807, 2.05) is 0 Å². The third-order valence-corrected chi connectivity index (χ3v) is 28.7. The second kappa shape index (κ2) is 10.9. The van der Waals surface area contributed by atoms with Gasteiger partial charge < -0.3 is 0 Å². The summed E-state index contributed by atoms with van der Waals surface area (Å²) < 4.78 is 0. The van der Waals surface area contributed by atoms with Gasteiger partial charge in [0.1, 0.15) is 7.59 Å². The van der Waals surface area contributed by atoms with E-state index in [1.54, 1.807) is 10.4 Å². The quantitative estimate of drug-likeness (QED) is 0.356. The van der Waals surface area contributed by atoms with Crippen molar-refractivity contribution in [3.8, 4) is 0 Å². The molecule has 0 aliphatic rings. The van der Waals surface area contributed by atoms with Crippen molar-refractivity contribution < 1.29 is 0 Å². The molecule has 3 heteroatoms. The Balaban J connectivity index is 2.53. The monoisotopic (exact) mass is 440 g/mol. The Kier molecular flexibility index (Phi) is 9.17. The zero-order valence-electron chi connectivity index (χ0n) is 20.1. The Bertz CT molecular complexity index is 673. The van der Waals surface area contributed by atoms with Gasteiger partial charge in [0.2, 0.25) is 0 Å². The fraction of sp³-hybridized carbons (Fsp3) is 0.538. The lowest BCUT2D eigenvalue weighted by atomic mass is 10.1. The number of benzene rings is 2. The highest BCUT2D eigenvalue weighted by Crippen LogP contribution is 2.26. The summed E-state index contributed by atoms with van der Waals surface area (Å²) in [4.78, 5) is 0. The van der Waals surface area contributed by atoms with Crippen LogP contribution in [0.2, 0.25) is 38.4 Å². The zero-order chi connectivity index (χ0) is 21.5. The van der Waals surface area contributed by atoms with E-state index < -0.39 is 24.0 Å². The van der Waals surface area contributed by atoms with Crippen LogP contribution >= 0.6 is 0 Å². The molecule has 0 spiro atoms. The number of rotatable bonds is 11. The summed E-state index contributed by atoms with van der Waals surface area (Å²) in [6, 6.07) is 20.0. The van der Waals surface area contributed by atoms with E-state index in [0.717, 1.165) is 0 Å². The number of unbranched alkanes of at least 4 members (excludes halogenated alkanes) is 2. The van der Waals surface area contributed by atoms with Crippen LogP contribution < -0.4 is 10.4 Å². The topological polar surface area (TPSA) is 0 Å². The van der Waals surface area contributed by atoms with Crippen molar-refractivity contribution in [1.82, 2.24) is 0 Å². The SMILES string of the molecule is CCCCc1ccc([Si](C[SiH](C)C)(c2ccc(CCCC)cc2)[Si](C)(C)C)cc1. The van der Waals surface area contributed by atoms with E-state index in [9.17, 15) is 0 Å². The highest BCUT2D eigenvalue weighted by molar-refractivity contribution is 7.52. The van der Waals surface area contributed by atoms with Gasteiger partial charge in [0.15, 0.2) is 0 Å². The minimum Gasteiger partial charge on any atom is -0.0724 e. The smallest absolute Gasteiger partial charge is 0.0724 e. The molecule has 0 heterocycles. The molecule has 160 valence electrons. The van der Waals surface area contributed by atoms with E-state index in [2.05, 4.69) is 95.1 Å². The van der Waals surface area contributed by atoms with Crippen LogP contribution in [0.4, 0.5) is 0 Å². The first-order valence-electron chi connectivity index (χ1n) is 11.9. The average molecular weight is 441 g/mol. The molecule has 0 saturated carbocycles. The van der Waals surface area contributed by atoms with E-state index in [-0.39, 0.29) is 0 Å². The molecular weight excluding hydrogens is 397 g/mol. The Morgan fingerprint density at radius 1 is 0.655 bits per heavy atom. The molecule has 0 fully saturated rings. The van der Waals surface area contributed by atoms with Crippen LogP contribution in [0.1, 0.15) is 50.7 Å². The molecule has 0 N–H and O–H groups in total. The predicted octanol–water partition coefficient (Wildman–Crippen LogP) is 6.38. The van der Waals surface area contributed by atoms with Gasteiger partial charge >= 0.3 is 0 Å². The lowest BCUT2D eigenvalue weighted by Crippen LogP contribution is -2.74. The third-order valence-electron chi connectivity index (χ3n) is 6.53. The first kappa shape index (κ1) is 24.4. The molecule has 2 aromatic carbocycles. The van der Waals surface area contributed by atoms with Crippen molar-refractivity contribution >= 4 is 34.4 Å². The van der Waals surface area contributed by atoms with Gasteiger partial charge in [-0.05, 0) is 36.8 Å². The Labute approximate surface area is 184 Å². The van der Waals surface area contributed by atoms with Crippen molar-refractivity contribution in [3.63, 3.8) is 0 Å². The summed E-state index contributed by atoms with van der Waals surface area (Å²) in [5, 5.41) is 3.42.